The first-order valence-corrected chi connectivity index (χ1v) is 17.0. The van der Waals surface area contributed by atoms with Crippen molar-refractivity contribution in [3.8, 4) is 36.5 Å². The van der Waals surface area contributed by atoms with Crippen LogP contribution in [0.1, 0.15) is 69.6 Å². The van der Waals surface area contributed by atoms with Crippen LogP contribution in [0.5, 0.6) is 0 Å². The Kier molecular flexibility index (Phi) is 14.0. The lowest BCUT2D eigenvalue weighted by Crippen LogP contribution is -2.30. The Morgan fingerprint density at radius 3 is 2.39 bits per heavy atom. The van der Waals surface area contributed by atoms with Crippen LogP contribution in [0.3, 0.4) is 0 Å². The molecule has 0 amide bonds. The summed E-state index contributed by atoms with van der Waals surface area (Å²) in [6.07, 6.45) is 15.2. The normalized spacial score (nSPS) is 19.7. The van der Waals surface area contributed by atoms with Crippen LogP contribution < -0.4 is 16.5 Å². The molecule has 2 unspecified atom stereocenters. The summed E-state index contributed by atoms with van der Waals surface area (Å²) < 4.78 is 56.7. The zero-order valence-electron chi connectivity index (χ0n) is 22.1. The van der Waals surface area contributed by atoms with Crippen molar-refractivity contribution in [1.82, 2.24) is 14.6 Å². The molecule has 6 N–H and O–H groups in total. The zero-order chi connectivity index (χ0) is 30.5. The van der Waals surface area contributed by atoms with Gasteiger partial charge in [0.2, 0.25) is 0 Å². The lowest BCUT2D eigenvalue weighted by atomic mass is 10.2. The molecule has 1 aliphatic rings. The number of hydrogen-bond donors (Lipinski definition) is 5. The van der Waals surface area contributed by atoms with Crippen LogP contribution in [0.4, 0.5) is 5.82 Å². The quantitative estimate of drug-likeness (QED) is 0.100. The second kappa shape index (κ2) is 16.4. The van der Waals surface area contributed by atoms with E-state index in [-0.39, 0.29) is 19.0 Å². The van der Waals surface area contributed by atoms with Crippen LogP contribution in [0, 0.1) is 36.5 Å². The molecule has 1 fully saturated rings. The van der Waals surface area contributed by atoms with Gasteiger partial charge in [-0.15, -0.1) is 24.7 Å². The van der Waals surface area contributed by atoms with Crippen LogP contribution in [-0.4, -0.2) is 43.5 Å². The molecule has 0 bridgehead atoms. The van der Waals surface area contributed by atoms with Crippen molar-refractivity contribution in [3.63, 3.8) is 0 Å². The van der Waals surface area contributed by atoms with Crippen molar-refractivity contribution in [3.05, 3.63) is 22.2 Å². The number of nitrogens with two attached hydrogens (primary N) is 1. The van der Waals surface area contributed by atoms with E-state index in [0.29, 0.717) is 50.5 Å². The average Bonchev–Trinajstić information content (AvgIpc) is 3.33. The van der Waals surface area contributed by atoms with E-state index in [1.165, 1.54) is 10.8 Å². The van der Waals surface area contributed by atoms with Crippen molar-refractivity contribution in [2.45, 2.75) is 70.1 Å². The monoisotopic (exact) mass is 634 g/mol. The molecule has 15 nitrogen and oxygen atoms in total. The van der Waals surface area contributed by atoms with E-state index < -0.39 is 41.4 Å². The maximum Gasteiger partial charge on any atom is 0.489 e. The lowest BCUT2D eigenvalue weighted by molar-refractivity contribution is 0.00132. The molecule has 0 radical (unpaired) electrons. The van der Waals surface area contributed by atoms with Crippen molar-refractivity contribution in [2.75, 3.05) is 18.9 Å². The predicted octanol–water partition coefficient (Wildman–Crippen LogP) is 2.79. The molecule has 4 atom stereocenters. The molecule has 18 heteroatoms. The first kappa shape index (κ1) is 34.9. The molecule has 1 aromatic heterocycles. The predicted molar refractivity (Wildman–Crippen MR) is 149 cm³/mol. The number of anilines is 1. The fourth-order valence-electron chi connectivity index (χ4n) is 3.53. The summed E-state index contributed by atoms with van der Waals surface area (Å²) in [7, 11) is -15.7. The number of rotatable bonds is 16. The molecule has 2 heterocycles. The third-order valence-corrected chi connectivity index (χ3v) is 9.84. The van der Waals surface area contributed by atoms with Gasteiger partial charge in [-0.05, 0) is 38.5 Å². The molecule has 0 spiro atoms. The largest absolute Gasteiger partial charge is 0.489 e. The number of phosphoric acid groups is 2. The minimum absolute atomic E-state index is 0.0259. The third-order valence-electron chi connectivity index (χ3n) is 5.38. The van der Waals surface area contributed by atoms with E-state index in [4.69, 9.17) is 37.6 Å². The number of nitrogens with zero attached hydrogens (tertiary/aromatic N) is 2. The van der Waals surface area contributed by atoms with E-state index in [1.807, 2.05) is 0 Å². The van der Waals surface area contributed by atoms with Gasteiger partial charge in [-0.3, -0.25) is 9.09 Å². The topological polar surface area (TPSA) is 222 Å². The van der Waals surface area contributed by atoms with Gasteiger partial charge in [-0.25, -0.2) is 23.6 Å². The summed E-state index contributed by atoms with van der Waals surface area (Å²) in [6, 6.07) is 0. The molecule has 0 aliphatic carbocycles. The first-order chi connectivity index (χ1) is 19.3. The summed E-state index contributed by atoms with van der Waals surface area (Å²) in [4.78, 5) is 43.7. The number of terminal acetylenes is 2. The molecule has 1 aromatic rings. The summed E-state index contributed by atoms with van der Waals surface area (Å²) in [5.74, 6) is 10.8. The van der Waals surface area contributed by atoms with E-state index in [1.54, 1.807) is 0 Å². The maximum atomic E-state index is 13.2. The third kappa shape index (κ3) is 13.1. The molecular formula is C23H33N4O11P3. The van der Waals surface area contributed by atoms with Crippen molar-refractivity contribution in [2.24, 2.45) is 0 Å². The highest BCUT2D eigenvalue weighted by atomic mass is 31.3. The molecule has 1 saturated heterocycles. The number of nitrogens with one attached hydrogen (secondary N) is 1. The Morgan fingerprint density at radius 1 is 1.07 bits per heavy atom. The Morgan fingerprint density at radius 2 is 1.73 bits per heavy atom. The number of aromatic nitrogens is 2. The number of unbranched alkanes of at least 4 members (excludes halogenated alkanes) is 5. The Labute approximate surface area is 238 Å². The van der Waals surface area contributed by atoms with Gasteiger partial charge in [0.05, 0.1) is 18.3 Å². The van der Waals surface area contributed by atoms with Gasteiger partial charge in [-0.2, -0.15) is 13.6 Å². The van der Waals surface area contributed by atoms with Gasteiger partial charge >= 0.3 is 29.1 Å². The maximum absolute atomic E-state index is 13.2. The van der Waals surface area contributed by atoms with E-state index in [0.717, 1.165) is 12.8 Å². The fraction of sp³-hybridized carbons (Fsp3) is 0.565. The van der Waals surface area contributed by atoms with Crippen molar-refractivity contribution in [1.29, 1.82) is 0 Å². The molecule has 226 valence electrons. The molecule has 2 rings (SSSR count). The number of hydrogen-bond acceptors (Lipinski definition) is 10. The minimum atomic E-state index is -5.53. The Bertz CT molecular complexity index is 1390. The summed E-state index contributed by atoms with van der Waals surface area (Å²) in [5, 5.41) is 2.35. The van der Waals surface area contributed by atoms with Gasteiger partial charge in [0.15, 0.2) is 0 Å². The van der Waals surface area contributed by atoms with Crippen LogP contribution in [0.2, 0.25) is 0 Å². The molecule has 0 saturated carbocycles. The molecule has 1 aliphatic heterocycles. The fourth-order valence-corrected chi connectivity index (χ4v) is 7.39. The molecular weight excluding hydrogens is 601 g/mol. The van der Waals surface area contributed by atoms with Gasteiger partial charge in [0.1, 0.15) is 12.0 Å². The summed E-state index contributed by atoms with van der Waals surface area (Å²) in [6.45, 7) is -0.480. The zero-order valence-corrected chi connectivity index (χ0v) is 24.8. The smallest absolute Gasteiger partial charge is 0.382 e. The van der Waals surface area contributed by atoms with Crippen LogP contribution in [0.15, 0.2) is 11.0 Å². The highest BCUT2D eigenvalue weighted by Crippen LogP contribution is 2.66. The van der Waals surface area contributed by atoms with E-state index in [9.17, 15) is 23.4 Å². The van der Waals surface area contributed by atoms with Gasteiger partial charge in [-0.1, -0.05) is 11.8 Å². The second-order valence-electron chi connectivity index (χ2n) is 8.71. The minimum Gasteiger partial charge on any atom is -0.382 e. The molecule has 0 aromatic carbocycles. The van der Waals surface area contributed by atoms with Crippen LogP contribution in [-0.2, 0) is 31.6 Å². The molecule has 41 heavy (non-hydrogen) atoms. The highest BCUT2D eigenvalue weighted by molar-refractivity contribution is 7.67. The summed E-state index contributed by atoms with van der Waals surface area (Å²) >= 11 is 0. The van der Waals surface area contributed by atoms with Crippen molar-refractivity contribution < 1.29 is 46.3 Å². The first-order valence-electron chi connectivity index (χ1n) is 12.5. The highest BCUT2D eigenvalue weighted by Gasteiger charge is 2.42. The Balaban J connectivity index is 2.07. The number of ether oxygens (including phenoxy) is 1. The van der Waals surface area contributed by atoms with E-state index in [2.05, 4.69) is 42.4 Å². The second-order valence-corrected chi connectivity index (χ2v) is 13.5. The number of nitrogen functional groups attached to an aromatic ring is 1. The van der Waals surface area contributed by atoms with Gasteiger partial charge in [0, 0.05) is 32.0 Å². The lowest BCUT2D eigenvalue weighted by Gasteiger charge is -2.23. The average molecular weight is 634 g/mol. The standard InChI is InChI=1S/C23H33N4O11P3/c1-3-5-7-9-10-11-13-19-18-27(23(28)26-22(19)24)21-15-14-20(36-21)17-25-39(29,35-16-12-8-6-4-2)37-41(33,34)38-40(30,31)32/h1-2,18,20-21H,5-10,12,14-17H2,(H,25,29)(H,33,34)(H2,24,26,28)(H2,30,31,32)/t20-,21+,39?/m0/s1. The van der Waals surface area contributed by atoms with Gasteiger partial charge in [0.25, 0.3) is 0 Å². The summed E-state index contributed by atoms with van der Waals surface area (Å²) in [5.41, 5.74) is 5.53. The SMILES string of the molecule is C#CCCCCC#Cc1cn([C@H]2CC[C@@H](CNP(=O)(OCCCCC#C)OP(=O)(O)OP(=O)(O)O)O2)c(=O)nc1N. The van der Waals surface area contributed by atoms with Gasteiger partial charge < -0.3 is 25.2 Å². The van der Waals surface area contributed by atoms with E-state index >= 15 is 0 Å². The van der Waals surface area contributed by atoms with Crippen molar-refractivity contribution >= 4 is 29.2 Å². The van der Waals surface area contributed by atoms with Crippen LogP contribution >= 0.6 is 23.4 Å². The Hall–Kier alpha value is -2.27. The van der Waals surface area contributed by atoms with Crippen LogP contribution in [0.25, 0.3) is 0 Å².